The van der Waals surface area contributed by atoms with E-state index in [-0.39, 0.29) is 16.8 Å². The van der Waals surface area contributed by atoms with Crippen LogP contribution in [0.4, 0.5) is 0 Å². The first-order valence-electron chi connectivity index (χ1n) is 10.2. The highest BCUT2D eigenvalue weighted by molar-refractivity contribution is 7.89. The number of carbonyl (C=O) groups is 1. The standard InChI is InChI=1S/C21H29N3O4S/c1-21(20(25)24-11-13-28-14-12-24)8-5-17(6-9-21)22-29(26,27)18-3-4-19-16(15-18)7-10-23(19)2/h3-4,7,10,15,17,22H,5-6,8-9,11-14H2,1-2H3. The van der Waals surface area contributed by atoms with E-state index in [2.05, 4.69) is 4.72 Å². The maximum atomic E-state index is 12.9. The van der Waals surface area contributed by atoms with Crippen LogP contribution in [-0.2, 0) is 26.6 Å². The fourth-order valence-electron chi connectivity index (χ4n) is 4.45. The van der Waals surface area contributed by atoms with Crippen molar-refractivity contribution in [3.63, 3.8) is 0 Å². The first-order chi connectivity index (χ1) is 13.8. The zero-order valence-electron chi connectivity index (χ0n) is 17.1. The molecule has 2 aliphatic rings. The number of hydrogen-bond donors (Lipinski definition) is 1. The van der Waals surface area contributed by atoms with Crippen molar-refractivity contribution >= 4 is 26.8 Å². The number of ether oxygens (including phenoxy) is 1. The molecule has 2 aromatic rings. The fourth-order valence-corrected chi connectivity index (χ4v) is 5.79. The summed E-state index contributed by atoms with van der Waals surface area (Å²) in [4.78, 5) is 15.1. The second-order valence-corrected chi connectivity index (χ2v) is 10.2. The van der Waals surface area contributed by atoms with E-state index in [1.165, 1.54) is 0 Å². The van der Waals surface area contributed by atoms with Gasteiger partial charge in [-0.1, -0.05) is 6.92 Å². The van der Waals surface area contributed by atoms with E-state index in [0.717, 1.165) is 10.9 Å². The summed E-state index contributed by atoms with van der Waals surface area (Å²) in [6.07, 6.45) is 4.63. The van der Waals surface area contributed by atoms with Crippen LogP contribution in [-0.4, -0.2) is 56.1 Å². The van der Waals surface area contributed by atoms with Crippen LogP contribution in [0.1, 0.15) is 32.6 Å². The van der Waals surface area contributed by atoms with Gasteiger partial charge in [0.1, 0.15) is 0 Å². The third-order valence-corrected chi connectivity index (χ3v) is 7.91. The molecule has 8 heteroatoms. The van der Waals surface area contributed by atoms with Crippen molar-refractivity contribution in [3.05, 3.63) is 30.5 Å². The number of fused-ring (bicyclic) bond motifs is 1. The average molecular weight is 420 g/mol. The molecule has 1 saturated carbocycles. The van der Waals surface area contributed by atoms with Gasteiger partial charge in [-0.15, -0.1) is 0 Å². The number of rotatable bonds is 4. The van der Waals surface area contributed by atoms with Gasteiger partial charge in [0.25, 0.3) is 0 Å². The zero-order chi connectivity index (χ0) is 20.6. The van der Waals surface area contributed by atoms with E-state index in [4.69, 9.17) is 4.74 Å². The first-order valence-corrected chi connectivity index (χ1v) is 11.7. The highest BCUT2D eigenvalue weighted by Crippen LogP contribution is 2.38. The molecule has 1 aromatic carbocycles. The van der Waals surface area contributed by atoms with E-state index in [1.807, 2.05) is 41.8 Å². The van der Waals surface area contributed by atoms with Gasteiger partial charge in [-0.2, -0.15) is 0 Å². The van der Waals surface area contributed by atoms with E-state index in [0.29, 0.717) is 52.0 Å². The molecule has 1 aromatic heterocycles. The summed E-state index contributed by atoms with van der Waals surface area (Å²) in [7, 11) is -1.65. The minimum atomic E-state index is -3.59. The molecule has 7 nitrogen and oxygen atoms in total. The maximum Gasteiger partial charge on any atom is 0.240 e. The Kier molecular flexibility index (Phi) is 5.44. The van der Waals surface area contributed by atoms with Gasteiger partial charge in [0, 0.05) is 48.7 Å². The summed E-state index contributed by atoms with van der Waals surface area (Å²) in [5.41, 5.74) is 0.585. The summed E-state index contributed by atoms with van der Waals surface area (Å²) in [6.45, 7) is 4.49. The predicted molar refractivity (Wildman–Crippen MR) is 111 cm³/mol. The monoisotopic (exact) mass is 419 g/mol. The average Bonchev–Trinajstić information content (AvgIpc) is 3.10. The lowest BCUT2D eigenvalue weighted by Gasteiger charge is -2.40. The number of amides is 1. The van der Waals surface area contributed by atoms with Crippen LogP contribution in [0.3, 0.4) is 0 Å². The van der Waals surface area contributed by atoms with Crippen LogP contribution in [0.2, 0.25) is 0 Å². The number of hydrogen-bond acceptors (Lipinski definition) is 4. The number of aryl methyl sites for hydroxylation is 1. The first kappa shape index (κ1) is 20.4. The van der Waals surface area contributed by atoms with E-state index in [9.17, 15) is 13.2 Å². The largest absolute Gasteiger partial charge is 0.378 e. The maximum absolute atomic E-state index is 12.9. The summed E-state index contributed by atoms with van der Waals surface area (Å²) in [5.74, 6) is 0.177. The van der Waals surface area contributed by atoms with Crippen LogP contribution in [0.5, 0.6) is 0 Å². The van der Waals surface area contributed by atoms with E-state index in [1.54, 1.807) is 12.1 Å². The Morgan fingerprint density at radius 1 is 1.17 bits per heavy atom. The summed E-state index contributed by atoms with van der Waals surface area (Å²) < 4.78 is 35.9. The van der Waals surface area contributed by atoms with Crippen molar-refractivity contribution in [1.29, 1.82) is 0 Å². The molecule has 0 atom stereocenters. The molecule has 1 aliphatic heterocycles. The van der Waals surface area contributed by atoms with Crippen LogP contribution in [0.25, 0.3) is 10.9 Å². The highest BCUT2D eigenvalue weighted by atomic mass is 32.2. The minimum absolute atomic E-state index is 0.142. The Morgan fingerprint density at radius 3 is 2.55 bits per heavy atom. The SMILES string of the molecule is Cn1ccc2cc(S(=O)(=O)NC3CCC(C)(C(=O)N4CCOCC4)CC3)ccc21. The molecule has 0 unspecified atom stereocenters. The summed E-state index contributed by atoms with van der Waals surface area (Å²) in [5, 5.41) is 0.905. The van der Waals surface area contributed by atoms with Gasteiger partial charge in [-0.3, -0.25) is 4.79 Å². The van der Waals surface area contributed by atoms with Gasteiger partial charge in [-0.25, -0.2) is 13.1 Å². The highest BCUT2D eigenvalue weighted by Gasteiger charge is 2.41. The van der Waals surface area contributed by atoms with Crippen molar-refractivity contribution < 1.29 is 17.9 Å². The molecule has 4 rings (SSSR count). The fraction of sp³-hybridized carbons (Fsp3) is 0.571. The van der Waals surface area contributed by atoms with Crippen molar-refractivity contribution in [1.82, 2.24) is 14.2 Å². The minimum Gasteiger partial charge on any atom is -0.378 e. The molecule has 158 valence electrons. The third kappa shape index (κ3) is 4.06. The van der Waals surface area contributed by atoms with Gasteiger partial charge in [0.2, 0.25) is 15.9 Å². The molecule has 1 saturated heterocycles. The molecule has 29 heavy (non-hydrogen) atoms. The number of morpholine rings is 1. The van der Waals surface area contributed by atoms with Gasteiger partial charge < -0.3 is 14.2 Å². The van der Waals surface area contributed by atoms with Crippen molar-refractivity contribution in [2.75, 3.05) is 26.3 Å². The van der Waals surface area contributed by atoms with Crippen molar-refractivity contribution in [2.45, 2.75) is 43.5 Å². The lowest BCUT2D eigenvalue weighted by Crippen LogP contribution is -2.50. The number of nitrogens with one attached hydrogen (secondary N) is 1. The Bertz CT molecular complexity index is 1000. The number of aromatic nitrogens is 1. The lowest BCUT2D eigenvalue weighted by molar-refractivity contribution is -0.147. The number of benzene rings is 1. The predicted octanol–water partition coefficient (Wildman–Crippen LogP) is 2.26. The summed E-state index contributed by atoms with van der Waals surface area (Å²) in [6, 6.07) is 6.98. The number of nitrogens with zero attached hydrogens (tertiary/aromatic N) is 2. The lowest BCUT2D eigenvalue weighted by atomic mass is 9.73. The van der Waals surface area contributed by atoms with Crippen LogP contribution in [0.15, 0.2) is 35.4 Å². The second-order valence-electron chi connectivity index (χ2n) is 8.51. The molecule has 0 spiro atoms. The second kappa shape index (κ2) is 7.74. The molecule has 1 amide bonds. The van der Waals surface area contributed by atoms with E-state index < -0.39 is 15.4 Å². The van der Waals surface area contributed by atoms with Crippen molar-refractivity contribution in [2.24, 2.45) is 12.5 Å². The van der Waals surface area contributed by atoms with Gasteiger partial charge in [0.15, 0.2) is 0 Å². The molecule has 2 fully saturated rings. The molecule has 1 N–H and O–H groups in total. The molecular formula is C21H29N3O4S. The molecule has 2 heterocycles. The Hall–Kier alpha value is -1.90. The Morgan fingerprint density at radius 2 is 1.86 bits per heavy atom. The van der Waals surface area contributed by atoms with Crippen LogP contribution < -0.4 is 4.72 Å². The number of carbonyl (C=O) groups excluding carboxylic acids is 1. The molecule has 0 bridgehead atoms. The van der Waals surface area contributed by atoms with Crippen LogP contribution >= 0.6 is 0 Å². The smallest absolute Gasteiger partial charge is 0.240 e. The van der Waals surface area contributed by atoms with Gasteiger partial charge >= 0.3 is 0 Å². The summed E-state index contributed by atoms with van der Waals surface area (Å²) >= 11 is 0. The molecule has 0 radical (unpaired) electrons. The molecule has 1 aliphatic carbocycles. The van der Waals surface area contributed by atoms with Crippen molar-refractivity contribution in [3.8, 4) is 0 Å². The van der Waals surface area contributed by atoms with Gasteiger partial charge in [-0.05, 0) is 49.9 Å². The normalized spacial score (nSPS) is 26.0. The third-order valence-electron chi connectivity index (χ3n) is 6.39. The zero-order valence-corrected chi connectivity index (χ0v) is 17.9. The molecular weight excluding hydrogens is 390 g/mol. The van der Waals surface area contributed by atoms with Crippen LogP contribution in [0, 0.1) is 5.41 Å². The Balaban J connectivity index is 1.40. The number of sulfonamides is 1. The van der Waals surface area contributed by atoms with E-state index >= 15 is 0 Å². The Labute approximate surface area is 172 Å². The topological polar surface area (TPSA) is 80.6 Å². The quantitative estimate of drug-likeness (QED) is 0.824. The van der Waals surface area contributed by atoms with Gasteiger partial charge in [0.05, 0.1) is 18.1 Å².